The Morgan fingerprint density at radius 2 is 1.68 bits per heavy atom. The Kier molecular flexibility index (Phi) is 5.47. The second-order valence-corrected chi connectivity index (χ2v) is 5.93. The van der Waals surface area contributed by atoms with Crippen molar-refractivity contribution in [3.8, 4) is 22.9 Å². The number of aldehydes is 1. The van der Waals surface area contributed by atoms with Gasteiger partial charge in [0.25, 0.3) is 5.78 Å². The smallest absolute Gasteiger partial charge is 0.379 e. The molecule has 0 aliphatic carbocycles. The standard InChI is InChI=1S/C22H16N2O4/c1-2-28-22(27)21(26)18-11-20(14-25)24(13-18)19-9-7-17(8-10-19)16-5-3-15(12-23)4-6-16/h3-11,13-14H,2H2,1H3. The van der Waals surface area contributed by atoms with Gasteiger partial charge in [0.05, 0.1) is 23.9 Å². The van der Waals surface area contributed by atoms with Gasteiger partial charge in [-0.15, -0.1) is 0 Å². The minimum atomic E-state index is -0.951. The van der Waals surface area contributed by atoms with Crippen LogP contribution in [0.4, 0.5) is 0 Å². The number of nitrogens with zero attached hydrogens (tertiary/aromatic N) is 2. The molecule has 0 atom stereocenters. The van der Waals surface area contributed by atoms with Gasteiger partial charge in [-0.05, 0) is 48.4 Å². The number of rotatable bonds is 6. The van der Waals surface area contributed by atoms with Crippen LogP contribution < -0.4 is 0 Å². The summed E-state index contributed by atoms with van der Waals surface area (Å²) < 4.78 is 6.27. The molecule has 0 aliphatic heterocycles. The van der Waals surface area contributed by atoms with Gasteiger partial charge in [0.15, 0.2) is 6.29 Å². The first-order valence-electron chi connectivity index (χ1n) is 8.57. The van der Waals surface area contributed by atoms with Gasteiger partial charge in [-0.2, -0.15) is 5.26 Å². The van der Waals surface area contributed by atoms with Crippen molar-refractivity contribution >= 4 is 18.0 Å². The average Bonchev–Trinajstić information content (AvgIpc) is 3.18. The lowest BCUT2D eigenvalue weighted by Gasteiger charge is -2.07. The highest BCUT2D eigenvalue weighted by Crippen LogP contribution is 2.23. The van der Waals surface area contributed by atoms with Crippen LogP contribution in [0.1, 0.15) is 33.3 Å². The van der Waals surface area contributed by atoms with Gasteiger partial charge >= 0.3 is 5.97 Å². The quantitative estimate of drug-likeness (QED) is 0.286. The van der Waals surface area contributed by atoms with E-state index in [-0.39, 0.29) is 17.9 Å². The summed E-state index contributed by atoms with van der Waals surface area (Å²) in [7, 11) is 0. The molecule has 0 fully saturated rings. The van der Waals surface area contributed by atoms with Crippen LogP contribution in [0.3, 0.4) is 0 Å². The molecule has 0 saturated carbocycles. The van der Waals surface area contributed by atoms with E-state index >= 15 is 0 Å². The van der Waals surface area contributed by atoms with Crippen molar-refractivity contribution in [1.29, 1.82) is 5.26 Å². The number of benzene rings is 2. The van der Waals surface area contributed by atoms with Crippen LogP contribution in [0.15, 0.2) is 60.8 Å². The van der Waals surface area contributed by atoms with E-state index in [1.165, 1.54) is 12.3 Å². The molecule has 1 aromatic heterocycles. The van der Waals surface area contributed by atoms with Gasteiger partial charge in [0.1, 0.15) is 0 Å². The molecule has 138 valence electrons. The molecule has 0 unspecified atom stereocenters. The lowest BCUT2D eigenvalue weighted by Crippen LogP contribution is -2.16. The Bertz CT molecular complexity index is 1070. The summed E-state index contributed by atoms with van der Waals surface area (Å²) >= 11 is 0. The Morgan fingerprint density at radius 3 is 2.21 bits per heavy atom. The van der Waals surface area contributed by atoms with Crippen LogP contribution in [-0.2, 0) is 9.53 Å². The van der Waals surface area contributed by atoms with Gasteiger partial charge in [-0.3, -0.25) is 9.59 Å². The van der Waals surface area contributed by atoms with Crippen LogP contribution in [-0.4, -0.2) is 29.2 Å². The van der Waals surface area contributed by atoms with Crippen molar-refractivity contribution in [2.24, 2.45) is 0 Å². The SMILES string of the molecule is CCOC(=O)C(=O)c1cc(C=O)n(-c2ccc(-c3ccc(C#N)cc3)cc2)c1. The van der Waals surface area contributed by atoms with E-state index in [0.717, 1.165) is 11.1 Å². The molecule has 6 nitrogen and oxygen atoms in total. The van der Waals surface area contributed by atoms with E-state index in [4.69, 9.17) is 10.00 Å². The molecule has 2 aromatic carbocycles. The van der Waals surface area contributed by atoms with E-state index < -0.39 is 11.8 Å². The number of nitriles is 1. The maximum absolute atomic E-state index is 12.1. The van der Waals surface area contributed by atoms with E-state index in [9.17, 15) is 14.4 Å². The largest absolute Gasteiger partial charge is 0.460 e. The molecule has 0 saturated heterocycles. The fraction of sp³-hybridized carbons (Fsp3) is 0.0909. The highest BCUT2D eigenvalue weighted by molar-refractivity contribution is 6.40. The molecule has 0 aliphatic rings. The summed E-state index contributed by atoms with van der Waals surface area (Å²) in [5.41, 5.74) is 3.49. The van der Waals surface area contributed by atoms with Gasteiger partial charge in [0.2, 0.25) is 0 Å². The van der Waals surface area contributed by atoms with Gasteiger partial charge < -0.3 is 9.30 Å². The van der Waals surface area contributed by atoms with Gasteiger partial charge in [0, 0.05) is 17.4 Å². The summed E-state index contributed by atoms with van der Waals surface area (Å²) in [4.78, 5) is 35.2. The monoisotopic (exact) mass is 372 g/mol. The van der Waals surface area contributed by atoms with E-state index in [1.807, 2.05) is 24.3 Å². The fourth-order valence-corrected chi connectivity index (χ4v) is 2.78. The fourth-order valence-electron chi connectivity index (χ4n) is 2.78. The zero-order valence-corrected chi connectivity index (χ0v) is 15.1. The van der Waals surface area contributed by atoms with Crippen molar-refractivity contribution in [2.75, 3.05) is 6.61 Å². The number of Topliss-reactive ketones (excluding diaryl/α,β-unsaturated/α-hetero) is 1. The lowest BCUT2D eigenvalue weighted by molar-refractivity contribution is -0.137. The zero-order valence-electron chi connectivity index (χ0n) is 15.1. The van der Waals surface area contributed by atoms with Crippen LogP contribution in [0, 0.1) is 11.3 Å². The Labute approximate surface area is 161 Å². The second kappa shape index (κ2) is 8.14. The van der Waals surface area contributed by atoms with E-state index in [1.54, 1.807) is 35.8 Å². The Hall–Kier alpha value is -3.98. The molecule has 0 N–H and O–H groups in total. The number of carbonyl (C=O) groups excluding carboxylic acids is 3. The molecule has 28 heavy (non-hydrogen) atoms. The van der Waals surface area contributed by atoms with Crippen LogP contribution in [0.25, 0.3) is 16.8 Å². The average molecular weight is 372 g/mol. The predicted octanol–water partition coefficient (Wildman–Crippen LogP) is 3.57. The van der Waals surface area contributed by atoms with Crippen molar-refractivity contribution in [3.05, 3.63) is 77.6 Å². The van der Waals surface area contributed by atoms with Crippen LogP contribution in [0.5, 0.6) is 0 Å². The van der Waals surface area contributed by atoms with Crippen LogP contribution >= 0.6 is 0 Å². The number of hydrogen-bond acceptors (Lipinski definition) is 5. The normalized spacial score (nSPS) is 10.1. The summed E-state index contributed by atoms with van der Waals surface area (Å²) in [6.45, 7) is 1.71. The first-order chi connectivity index (χ1) is 13.6. The van der Waals surface area contributed by atoms with E-state index in [2.05, 4.69) is 6.07 Å². The summed E-state index contributed by atoms with van der Waals surface area (Å²) in [6.07, 6.45) is 2.07. The number of hydrogen-bond donors (Lipinski definition) is 0. The molecule has 3 rings (SSSR count). The molecule has 0 spiro atoms. The minimum absolute atomic E-state index is 0.0942. The molecule has 3 aromatic rings. The number of esters is 1. The Balaban J connectivity index is 1.91. The number of ketones is 1. The molecule has 0 radical (unpaired) electrons. The maximum atomic E-state index is 12.1. The lowest BCUT2D eigenvalue weighted by atomic mass is 10.0. The van der Waals surface area contributed by atoms with Gasteiger partial charge in [-0.1, -0.05) is 24.3 Å². The number of ether oxygens (including phenoxy) is 1. The first-order valence-corrected chi connectivity index (χ1v) is 8.57. The molecule has 6 heteroatoms. The number of carbonyl (C=O) groups is 3. The van der Waals surface area contributed by atoms with Crippen molar-refractivity contribution in [3.63, 3.8) is 0 Å². The third-order valence-electron chi connectivity index (χ3n) is 4.19. The van der Waals surface area contributed by atoms with Crippen molar-refractivity contribution < 1.29 is 19.1 Å². The third kappa shape index (κ3) is 3.74. The topological polar surface area (TPSA) is 89.2 Å². The highest BCUT2D eigenvalue weighted by atomic mass is 16.5. The minimum Gasteiger partial charge on any atom is -0.460 e. The van der Waals surface area contributed by atoms with Crippen molar-refractivity contribution in [1.82, 2.24) is 4.57 Å². The van der Waals surface area contributed by atoms with Gasteiger partial charge in [-0.25, -0.2) is 4.79 Å². The third-order valence-corrected chi connectivity index (χ3v) is 4.19. The molecular formula is C22H16N2O4. The molecule has 1 heterocycles. The van der Waals surface area contributed by atoms with Crippen molar-refractivity contribution in [2.45, 2.75) is 6.92 Å². The summed E-state index contributed by atoms with van der Waals surface area (Å²) in [5, 5.41) is 8.88. The Morgan fingerprint density at radius 1 is 1.07 bits per heavy atom. The second-order valence-electron chi connectivity index (χ2n) is 5.93. The summed E-state index contributed by atoms with van der Waals surface area (Å²) in [5.74, 6) is -1.74. The van der Waals surface area contributed by atoms with Crippen LogP contribution in [0.2, 0.25) is 0 Å². The molecule has 0 bridgehead atoms. The maximum Gasteiger partial charge on any atom is 0.379 e. The highest BCUT2D eigenvalue weighted by Gasteiger charge is 2.21. The van der Waals surface area contributed by atoms with E-state index in [0.29, 0.717) is 17.5 Å². The zero-order chi connectivity index (χ0) is 20.1. The molecular weight excluding hydrogens is 356 g/mol. The first kappa shape index (κ1) is 18.8. The number of aromatic nitrogens is 1. The molecule has 0 amide bonds. The summed E-state index contributed by atoms with van der Waals surface area (Å²) in [6, 6.07) is 18.0. The predicted molar refractivity (Wildman–Crippen MR) is 102 cm³/mol.